The number of aromatic nitrogens is 1. The minimum Gasteiger partial charge on any atom is -0.467 e. The predicted octanol–water partition coefficient (Wildman–Crippen LogP) is 3.44. The first-order valence-electron chi connectivity index (χ1n) is 8.99. The van der Waals surface area contributed by atoms with Gasteiger partial charge in [-0.05, 0) is 24.8 Å². The fourth-order valence-corrected chi connectivity index (χ4v) is 3.05. The molecule has 1 aliphatic heterocycles. The number of ether oxygens (including phenoxy) is 1. The molecule has 2 heterocycles. The van der Waals surface area contributed by atoms with Crippen LogP contribution in [0.2, 0.25) is 5.02 Å². The molecule has 0 aromatic carbocycles. The monoisotopic (exact) mass is 421 g/mol. The van der Waals surface area contributed by atoms with Crippen LogP contribution in [0.15, 0.2) is 12.3 Å². The molecule has 28 heavy (non-hydrogen) atoms. The van der Waals surface area contributed by atoms with Gasteiger partial charge in [-0.3, -0.25) is 9.59 Å². The van der Waals surface area contributed by atoms with Gasteiger partial charge in [0.05, 0.1) is 5.56 Å². The van der Waals surface area contributed by atoms with Crippen LogP contribution >= 0.6 is 11.6 Å². The molecule has 0 saturated carbocycles. The van der Waals surface area contributed by atoms with E-state index in [4.69, 9.17) is 11.6 Å². The van der Waals surface area contributed by atoms with Gasteiger partial charge in [0.2, 0.25) is 11.8 Å². The first kappa shape index (κ1) is 22.3. The molecule has 6 nitrogen and oxygen atoms in total. The molecule has 0 aliphatic carbocycles. The van der Waals surface area contributed by atoms with Crippen molar-refractivity contribution in [2.24, 2.45) is 5.92 Å². The van der Waals surface area contributed by atoms with Crippen molar-refractivity contribution in [2.75, 3.05) is 19.7 Å². The summed E-state index contributed by atoms with van der Waals surface area (Å²) < 4.78 is 41.1. The highest BCUT2D eigenvalue weighted by Gasteiger charge is 2.29. The van der Waals surface area contributed by atoms with E-state index in [1.807, 2.05) is 13.8 Å². The van der Waals surface area contributed by atoms with Crippen LogP contribution in [0.4, 0.5) is 13.2 Å². The number of hydrogen-bond donors (Lipinski definition) is 1. The van der Waals surface area contributed by atoms with Crippen LogP contribution in [0.1, 0.15) is 43.5 Å². The zero-order valence-corrected chi connectivity index (χ0v) is 16.4. The van der Waals surface area contributed by atoms with Gasteiger partial charge in [-0.25, -0.2) is 4.98 Å². The molecule has 1 fully saturated rings. The topological polar surface area (TPSA) is 71.5 Å². The summed E-state index contributed by atoms with van der Waals surface area (Å²) in [5, 5.41) is 2.67. The highest BCUT2D eigenvalue weighted by Crippen LogP contribution is 2.25. The quantitative estimate of drug-likeness (QED) is 0.763. The maximum absolute atomic E-state index is 12.3. The van der Waals surface area contributed by atoms with Crippen LogP contribution in [-0.2, 0) is 4.79 Å². The largest absolute Gasteiger partial charge is 0.467 e. The van der Waals surface area contributed by atoms with Crippen molar-refractivity contribution in [1.29, 1.82) is 0 Å². The van der Waals surface area contributed by atoms with Crippen molar-refractivity contribution in [1.82, 2.24) is 15.2 Å². The molecule has 10 heteroatoms. The Balaban J connectivity index is 1.86. The van der Waals surface area contributed by atoms with Gasteiger partial charge in [-0.15, -0.1) is 0 Å². The molecule has 0 spiro atoms. The number of carbonyl (C=O) groups is 2. The number of rotatable bonds is 6. The summed E-state index contributed by atoms with van der Waals surface area (Å²) in [7, 11) is 0. The number of hydrogen-bond acceptors (Lipinski definition) is 4. The summed E-state index contributed by atoms with van der Waals surface area (Å²) in [6.45, 7) is 3.60. The maximum atomic E-state index is 12.3. The fraction of sp³-hybridized carbons (Fsp3) is 0.611. The number of amides is 2. The summed E-state index contributed by atoms with van der Waals surface area (Å²) in [6.07, 6.45) is -1.63. The van der Waals surface area contributed by atoms with E-state index in [1.54, 1.807) is 4.90 Å². The van der Waals surface area contributed by atoms with Crippen LogP contribution in [0.3, 0.4) is 0 Å². The molecule has 0 bridgehead atoms. The summed E-state index contributed by atoms with van der Waals surface area (Å²) in [5.41, 5.74) is 0.127. The van der Waals surface area contributed by atoms with E-state index in [0.29, 0.717) is 38.3 Å². The first-order chi connectivity index (χ1) is 13.0. The normalized spacial score (nSPS) is 15.6. The van der Waals surface area contributed by atoms with Crippen molar-refractivity contribution in [2.45, 2.75) is 45.3 Å². The standard InChI is InChI=1S/C18H23ClF3N3O3/c1-11(2)7-15(26)25-5-3-13(4-6-25)24-16(27)12-8-14(19)17(23-9-12)28-10-18(20,21)22/h8-9,11,13H,3-7,10H2,1-2H3,(H,24,27). The van der Waals surface area contributed by atoms with Gasteiger partial charge < -0.3 is 15.0 Å². The Bertz CT molecular complexity index is 705. The Morgan fingerprint density at radius 2 is 2.00 bits per heavy atom. The van der Waals surface area contributed by atoms with Gasteiger partial charge >= 0.3 is 6.18 Å². The predicted molar refractivity (Wildman–Crippen MR) is 97.3 cm³/mol. The smallest absolute Gasteiger partial charge is 0.422 e. The number of likely N-dealkylation sites (tertiary alicyclic amines) is 1. The number of halogens is 4. The number of nitrogens with zero attached hydrogens (tertiary/aromatic N) is 2. The zero-order valence-electron chi connectivity index (χ0n) is 15.7. The third-order valence-electron chi connectivity index (χ3n) is 4.21. The third kappa shape index (κ3) is 6.85. The Labute approximate surface area is 166 Å². The molecule has 1 aliphatic rings. The number of alkyl halides is 3. The number of nitrogens with one attached hydrogen (secondary N) is 1. The van der Waals surface area contributed by atoms with Gasteiger partial charge in [0.15, 0.2) is 6.61 Å². The average Bonchev–Trinajstić information content (AvgIpc) is 2.59. The summed E-state index contributed by atoms with van der Waals surface area (Å²) in [6, 6.07) is 1.12. The van der Waals surface area contributed by atoms with E-state index in [2.05, 4.69) is 15.0 Å². The van der Waals surface area contributed by atoms with E-state index in [-0.39, 0.29) is 28.4 Å². The van der Waals surface area contributed by atoms with Gasteiger partial charge in [-0.1, -0.05) is 25.4 Å². The Hall–Kier alpha value is -2.03. The summed E-state index contributed by atoms with van der Waals surface area (Å²) in [5.74, 6) is -0.397. The van der Waals surface area contributed by atoms with E-state index in [0.717, 1.165) is 6.20 Å². The van der Waals surface area contributed by atoms with Crippen molar-refractivity contribution in [3.8, 4) is 5.88 Å². The lowest BCUT2D eigenvalue weighted by Gasteiger charge is -2.32. The zero-order chi connectivity index (χ0) is 20.9. The van der Waals surface area contributed by atoms with Crippen molar-refractivity contribution in [3.05, 3.63) is 22.8 Å². The second-order valence-corrected chi connectivity index (χ2v) is 7.55. The van der Waals surface area contributed by atoms with Crippen LogP contribution in [-0.4, -0.2) is 53.6 Å². The third-order valence-corrected chi connectivity index (χ3v) is 4.48. The van der Waals surface area contributed by atoms with Crippen LogP contribution < -0.4 is 10.1 Å². The molecule has 1 aromatic heterocycles. The van der Waals surface area contributed by atoms with Crippen molar-refractivity contribution in [3.63, 3.8) is 0 Å². The molecular weight excluding hydrogens is 399 g/mol. The molecule has 1 aromatic rings. The SMILES string of the molecule is CC(C)CC(=O)N1CCC(NC(=O)c2cnc(OCC(F)(F)F)c(Cl)c2)CC1. The maximum Gasteiger partial charge on any atom is 0.422 e. The minimum atomic E-state index is -4.51. The molecular formula is C18H23ClF3N3O3. The van der Waals surface area contributed by atoms with E-state index in [9.17, 15) is 22.8 Å². The van der Waals surface area contributed by atoms with Gasteiger partial charge in [0.25, 0.3) is 5.91 Å². The van der Waals surface area contributed by atoms with Crippen molar-refractivity contribution >= 4 is 23.4 Å². The summed E-state index contributed by atoms with van der Waals surface area (Å²) in [4.78, 5) is 29.9. The molecule has 0 radical (unpaired) electrons. The molecule has 156 valence electrons. The number of pyridine rings is 1. The fourth-order valence-electron chi connectivity index (χ4n) is 2.83. The first-order valence-corrected chi connectivity index (χ1v) is 9.36. The summed E-state index contributed by atoms with van der Waals surface area (Å²) >= 11 is 5.86. The van der Waals surface area contributed by atoms with Crippen molar-refractivity contribution < 1.29 is 27.5 Å². The van der Waals surface area contributed by atoms with Gasteiger partial charge in [0, 0.05) is 31.7 Å². The molecule has 2 rings (SSSR count). The Morgan fingerprint density at radius 3 is 2.54 bits per heavy atom. The molecule has 1 N–H and O–H groups in total. The Kier molecular flexibility index (Phi) is 7.51. The van der Waals surface area contributed by atoms with E-state index in [1.165, 1.54) is 6.07 Å². The minimum absolute atomic E-state index is 0.101. The lowest BCUT2D eigenvalue weighted by Crippen LogP contribution is -2.46. The Morgan fingerprint density at radius 1 is 1.36 bits per heavy atom. The van der Waals surface area contributed by atoms with Gasteiger partial charge in [-0.2, -0.15) is 13.2 Å². The van der Waals surface area contributed by atoms with Gasteiger partial charge in [0.1, 0.15) is 5.02 Å². The average molecular weight is 422 g/mol. The number of carbonyl (C=O) groups excluding carboxylic acids is 2. The molecule has 0 atom stereocenters. The lowest BCUT2D eigenvalue weighted by atomic mass is 10.0. The molecule has 0 unspecified atom stereocenters. The van der Waals surface area contributed by atoms with E-state index < -0.39 is 18.7 Å². The second kappa shape index (κ2) is 9.45. The second-order valence-electron chi connectivity index (χ2n) is 7.14. The van der Waals surface area contributed by atoms with Crippen LogP contribution in [0, 0.1) is 5.92 Å². The highest BCUT2D eigenvalue weighted by molar-refractivity contribution is 6.32. The molecule has 2 amide bonds. The highest BCUT2D eigenvalue weighted by atomic mass is 35.5. The van der Waals surface area contributed by atoms with E-state index >= 15 is 0 Å². The lowest BCUT2D eigenvalue weighted by molar-refractivity contribution is -0.154. The van der Waals surface area contributed by atoms with Crippen LogP contribution in [0.25, 0.3) is 0 Å². The van der Waals surface area contributed by atoms with Crippen LogP contribution in [0.5, 0.6) is 5.88 Å². The molecule has 1 saturated heterocycles. The number of piperidine rings is 1.